The highest BCUT2D eigenvalue weighted by molar-refractivity contribution is 5.95. The zero-order valence-electron chi connectivity index (χ0n) is 10.4. The highest BCUT2D eigenvalue weighted by Crippen LogP contribution is 2.21. The number of hydrogen-bond donors (Lipinski definition) is 1. The van der Waals surface area contributed by atoms with Crippen LogP contribution < -0.4 is 5.73 Å². The normalized spacial score (nSPS) is 10.3. The van der Waals surface area contributed by atoms with Crippen molar-refractivity contribution in [3.8, 4) is 5.69 Å². The number of aromatic nitrogens is 2. The van der Waals surface area contributed by atoms with Crippen molar-refractivity contribution in [3.05, 3.63) is 41.6 Å². The van der Waals surface area contributed by atoms with Gasteiger partial charge in [-0.15, -0.1) is 0 Å². The van der Waals surface area contributed by atoms with Crippen LogP contribution in [0.1, 0.15) is 23.0 Å². The summed E-state index contributed by atoms with van der Waals surface area (Å²) in [6.07, 6.45) is 0. The van der Waals surface area contributed by atoms with Gasteiger partial charge in [0, 0.05) is 0 Å². The Bertz CT molecular complexity index is 561. The average molecular weight is 245 g/mol. The molecule has 2 aromatic rings. The van der Waals surface area contributed by atoms with Crippen molar-refractivity contribution in [1.29, 1.82) is 0 Å². The van der Waals surface area contributed by atoms with Gasteiger partial charge in [0.1, 0.15) is 11.4 Å². The lowest BCUT2D eigenvalue weighted by Crippen LogP contribution is -2.09. The summed E-state index contributed by atoms with van der Waals surface area (Å²) < 4.78 is 6.51. The number of benzene rings is 1. The van der Waals surface area contributed by atoms with E-state index in [1.54, 1.807) is 18.5 Å². The van der Waals surface area contributed by atoms with E-state index in [9.17, 15) is 4.79 Å². The zero-order chi connectivity index (χ0) is 13.1. The Balaban J connectivity index is 2.47. The monoisotopic (exact) mass is 245 g/mol. The fourth-order valence-electron chi connectivity index (χ4n) is 1.77. The van der Waals surface area contributed by atoms with E-state index in [4.69, 9.17) is 10.5 Å². The van der Waals surface area contributed by atoms with Crippen LogP contribution in [-0.4, -0.2) is 22.4 Å². The maximum Gasteiger partial charge on any atom is 0.343 e. The standard InChI is InChI=1S/C13H15N3O2/c1-3-18-13(17)11-9(2)15-16(12(11)14)10-7-5-4-6-8-10/h4-8H,3,14H2,1-2H3. The minimum Gasteiger partial charge on any atom is -0.462 e. The second kappa shape index (κ2) is 4.91. The third-order valence-electron chi connectivity index (χ3n) is 2.58. The van der Waals surface area contributed by atoms with Gasteiger partial charge in [-0.2, -0.15) is 5.10 Å². The third-order valence-corrected chi connectivity index (χ3v) is 2.58. The smallest absolute Gasteiger partial charge is 0.343 e. The summed E-state index contributed by atoms with van der Waals surface area (Å²) in [7, 11) is 0. The van der Waals surface area contributed by atoms with E-state index >= 15 is 0 Å². The third kappa shape index (κ3) is 2.07. The van der Waals surface area contributed by atoms with Crippen LogP contribution in [0.3, 0.4) is 0 Å². The molecule has 0 spiro atoms. The predicted molar refractivity (Wildman–Crippen MR) is 68.7 cm³/mol. The summed E-state index contributed by atoms with van der Waals surface area (Å²) >= 11 is 0. The van der Waals surface area contributed by atoms with Crippen LogP contribution in [0, 0.1) is 6.92 Å². The van der Waals surface area contributed by atoms with Crippen LogP contribution in [0.2, 0.25) is 0 Å². The summed E-state index contributed by atoms with van der Waals surface area (Å²) in [6.45, 7) is 3.81. The summed E-state index contributed by atoms with van der Waals surface area (Å²) in [5.74, 6) is -0.133. The SMILES string of the molecule is CCOC(=O)c1c(C)nn(-c2ccccc2)c1N. The highest BCUT2D eigenvalue weighted by Gasteiger charge is 2.21. The molecule has 0 unspecified atom stereocenters. The van der Waals surface area contributed by atoms with Crippen molar-refractivity contribution in [2.45, 2.75) is 13.8 Å². The molecular weight excluding hydrogens is 230 g/mol. The van der Waals surface area contributed by atoms with Crippen molar-refractivity contribution in [1.82, 2.24) is 9.78 Å². The summed E-state index contributed by atoms with van der Waals surface area (Å²) in [5.41, 5.74) is 7.68. The molecule has 2 N–H and O–H groups in total. The number of rotatable bonds is 3. The molecule has 0 atom stereocenters. The average Bonchev–Trinajstić information content (AvgIpc) is 2.66. The maximum atomic E-state index is 11.8. The minimum absolute atomic E-state index is 0.303. The Morgan fingerprint density at radius 3 is 2.67 bits per heavy atom. The molecule has 5 heteroatoms. The van der Waals surface area contributed by atoms with E-state index in [1.807, 2.05) is 30.3 Å². The fourth-order valence-corrected chi connectivity index (χ4v) is 1.77. The molecule has 0 aliphatic heterocycles. The molecule has 0 radical (unpaired) electrons. The van der Waals surface area contributed by atoms with Crippen molar-refractivity contribution >= 4 is 11.8 Å². The van der Waals surface area contributed by atoms with E-state index in [0.29, 0.717) is 23.7 Å². The van der Waals surface area contributed by atoms with Gasteiger partial charge in [0.05, 0.1) is 18.0 Å². The zero-order valence-corrected chi connectivity index (χ0v) is 10.4. The van der Waals surface area contributed by atoms with Gasteiger partial charge >= 0.3 is 5.97 Å². The van der Waals surface area contributed by atoms with E-state index in [2.05, 4.69) is 5.10 Å². The van der Waals surface area contributed by atoms with Gasteiger partial charge in [0.15, 0.2) is 0 Å². The molecule has 0 fully saturated rings. The lowest BCUT2D eigenvalue weighted by molar-refractivity contribution is 0.0527. The molecule has 2 rings (SSSR count). The van der Waals surface area contributed by atoms with Gasteiger partial charge in [-0.05, 0) is 26.0 Å². The first kappa shape index (κ1) is 12.2. The van der Waals surface area contributed by atoms with Crippen molar-refractivity contribution < 1.29 is 9.53 Å². The topological polar surface area (TPSA) is 70.1 Å². The number of aryl methyl sites for hydroxylation is 1. The van der Waals surface area contributed by atoms with Gasteiger partial charge in [0.2, 0.25) is 0 Å². The van der Waals surface area contributed by atoms with E-state index < -0.39 is 5.97 Å². The number of anilines is 1. The number of carbonyl (C=O) groups excluding carboxylic acids is 1. The number of ether oxygens (including phenoxy) is 1. The first-order chi connectivity index (χ1) is 8.65. The molecule has 0 bridgehead atoms. The molecule has 0 amide bonds. The number of nitrogen functional groups attached to an aromatic ring is 1. The molecule has 0 saturated carbocycles. The maximum absolute atomic E-state index is 11.8. The number of hydrogen-bond acceptors (Lipinski definition) is 4. The highest BCUT2D eigenvalue weighted by atomic mass is 16.5. The van der Waals surface area contributed by atoms with E-state index in [0.717, 1.165) is 5.69 Å². The molecule has 0 aliphatic rings. The lowest BCUT2D eigenvalue weighted by Gasteiger charge is -2.04. The van der Waals surface area contributed by atoms with Crippen molar-refractivity contribution in [2.24, 2.45) is 0 Å². The Labute approximate surface area is 105 Å². The molecule has 5 nitrogen and oxygen atoms in total. The van der Waals surface area contributed by atoms with Crippen LogP contribution in [0.4, 0.5) is 5.82 Å². The van der Waals surface area contributed by atoms with Crippen LogP contribution in [0.15, 0.2) is 30.3 Å². The molecule has 18 heavy (non-hydrogen) atoms. The summed E-state index contributed by atoms with van der Waals surface area (Å²) in [5, 5.41) is 4.27. The quantitative estimate of drug-likeness (QED) is 0.839. The Morgan fingerprint density at radius 1 is 1.39 bits per heavy atom. The van der Waals surface area contributed by atoms with Crippen LogP contribution in [0.25, 0.3) is 5.69 Å². The van der Waals surface area contributed by atoms with Crippen LogP contribution in [-0.2, 0) is 4.74 Å². The van der Waals surface area contributed by atoms with Gasteiger partial charge in [-0.3, -0.25) is 0 Å². The van der Waals surface area contributed by atoms with Crippen molar-refractivity contribution in [3.63, 3.8) is 0 Å². The van der Waals surface area contributed by atoms with E-state index in [-0.39, 0.29) is 0 Å². The summed E-state index contributed by atoms with van der Waals surface area (Å²) in [6, 6.07) is 9.42. The Morgan fingerprint density at radius 2 is 2.06 bits per heavy atom. The molecular formula is C13H15N3O2. The Hall–Kier alpha value is -2.30. The van der Waals surface area contributed by atoms with Crippen LogP contribution >= 0.6 is 0 Å². The molecule has 0 saturated heterocycles. The second-order valence-corrected chi connectivity index (χ2v) is 3.81. The van der Waals surface area contributed by atoms with Gasteiger partial charge < -0.3 is 10.5 Å². The Kier molecular flexibility index (Phi) is 3.32. The van der Waals surface area contributed by atoms with Crippen molar-refractivity contribution in [2.75, 3.05) is 12.3 Å². The van der Waals surface area contributed by atoms with E-state index in [1.165, 1.54) is 0 Å². The molecule has 0 aliphatic carbocycles. The van der Waals surface area contributed by atoms with Gasteiger partial charge in [-0.1, -0.05) is 18.2 Å². The fraction of sp³-hybridized carbons (Fsp3) is 0.231. The first-order valence-corrected chi connectivity index (χ1v) is 5.72. The van der Waals surface area contributed by atoms with Gasteiger partial charge in [-0.25, -0.2) is 9.48 Å². The van der Waals surface area contributed by atoms with Crippen LogP contribution in [0.5, 0.6) is 0 Å². The number of para-hydroxylation sites is 1. The molecule has 1 heterocycles. The van der Waals surface area contributed by atoms with Gasteiger partial charge in [0.25, 0.3) is 0 Å². The summed E-state index contributed by atoms with van der Waals surface area (Å²) in [4.78, 5) is 11.8. The molecule has 1 aromatic carbocycles. The number of nitrogens with zero attached hydrogens (tertiary/aromatic N) is 2. The number of esters is 1. The molecule has 1 aromatic heterocycles. The first-order valence-electron chi connectivity index (χ1n) is 5.72. The second-order valence-electron chi connectivity index (χ2n) is 3.81. The molecule has 94 valence electrons. The minimum atomic E-state index is -0.435. The predicted octanol–water partition coefficient (Wildman–Crippen LogP) is 1.94. The number of carbonyl (C=O) groups is 1. The number of nitrogens with two attached hydrogens (primary N) is 1. The largest absolute Gasteiger partial charge is 0.462 e. The lowest BCUT2D eigenvalue weighted by atomic mass is 10.2.